The number of hydrogen-bond acceptors (Lipinski definition) is 5. The van der Waals surface area contributed by atoms with Gasteiger partial charge in [-0.2, -0.15) is 0 Å². The lowest BCUT2D eigenvalue weighted by molar-refractivity contribution is -0.151. The van der Waals surface area contributed by atoms with E-state index in [0.29, 0.717) is 19.3 Å². The quantitative estimate of drug-likeness (QED) is 0.0321. The van der Waals surface area contributed by atoms with Crippen molar-refractivity contribution in [2.24, 2.45) is 0 Å². The summed E-state index contributed by atoms with van der Waals surface area (Å²) in [4.78, 5) is 26.3. The Morgan fingerprint density at radius 3 is 1.16 bits per heavy atom. The third-order valence-electron chi connectivity index (χ3n) is 13.9. The molecule has 3 atom stereocenters. The number of aliphatic hydroxyl groups is 2. The van der Waals surface area contributed by atoms with Gasteiger partial charge in [0.2, 0.25) is 5.91 Å². The molecule has 0 saturated carbocycles. The summed E-state index contributed by atoms with van der Waals surface area (Å²) in [5.74, 6) is -0.497. The van der Waals surface area contributed by atoms with E-state index in [1.807, 2.05) is 0 Å². The highest BCUT2D eigenvalue weighted by molar-refractivity contribution is 5.77. The first kappa shape index (κ1) is 67.6. The van der Waals surface area contributed by atoms with Gasteiger partial charge in [-0.15, -0.1) is 0 Å². The molecule has 3 N–H and O–H groups in total. The topological polar surface area (TPSA) is 95.9 Å². The zero-order valence-corrected chi connectivity index (χ0v) is 46.7. The fourth-order valence-corrected chi connectivity index (χ4v) is 9.28. The molecule has 3 unspecified atom stereocenters. The number of unbranched alkanes of at least 4 members (excludes halogenated alkanes) is 33. The lowest BCUT2D eigenvalue weighted by atomic mass is 10.0. The first-order chi connectivity index (χ1) is 34.5. The normalized spacial score (nSPS) is 13.5. The minimum Gasteiger partial charge on any atom is -0.462 e. The van der Waals surface area contributed by atoms with Crippen LogP contribution in [0.1, 0.15) is 310 Å². The predicted molar refractivity (Wildman–Crippen MR) is 305 cm³/mol. The molecular formula is C64H117NO5. The van der Waals surface area contributed by atoms with Gasteiger partial charge in [0.05, 0.1) is 25.2 Å². The second-order valence-corrected chi connectivity index (χ2v) is 20.7. The zero-order valence-electron chi connectivity index (χ0n) is 46.7. The predicted octanol–water partition coefficient (Wildman–Crippen LogP) is 19.1. The van der Waals surface area contributed by atoms with Crippen LogP contribution in [-0.4, -0.2) is 46.9 Å². The Balaban J connectivity index is 4.60. The van der Waals surface area contributed by atoms with Gasteiger partial charge in [-0.3, -0.25) is 9.59 Å². The largest absolute Gasteiger partial charge is 0.462 e. The SMILES string of the molecule is CC/C=C\C/C=C\C/C=C\C/C=C\C/C=C\CCCCCC(=O)OC(CCCCCCCCCCCCCCCCCCC)CC(=O)NC(CO)C(O)CCCCCCCCCCCCCCCCC. The highest BCUT2D eigenvalue weighted by atomic mass is 16.5. The summed E-state index contributed by atoms with van der Waals surface area (Å²) in [6.45, 7) is 6.40. The Morgan fingerprint density at radius 2 is 0.771 bits per heavy atom. The van der Waals surface area contributed by atoms with Crippen LogP contribution in [-0.2, 0) is 14.3 Å². The standard InChI is InChI=1S/C64H117NO5/c1-4-7-10-13-16-19-22-25-28-30-31-33-36-39-42-45-48-51-54-57-64(69)70-60(55-52-49-46-43-40-37-35-32-29-26-23-20-17-14-11-8-5-2)58-63(68)65-61(59-66)62(67)56-53-50-47-44-41-38-34-27-24-21-18-15-12-9-6-3/h7,10,16,19,25,28,31,33,39,42,60-62,66-67H,4-6,8-9,11-15,17-18,20-24,26-27,29-30,32,34-38,40-41,43-59H2,1-3H3,(H,65,68)/b10-7-,19-16-,28-25-,33-31-,42-39-. The zero-order chi connectivity index (χ0) is 50.9. The summed E-state index contributed by atoms with van der Waals surface area (Å²) in [5.41, 5.74) is 0. The summed E-state index contributed by atoms with van der Waals surface area (Å²) < 4.78 is 5.97. The van der Waals surface area contributed by atoms with E-state index in [1.165, 1.54) is 173 Å². The van der Waals surface area contributed by atoms with E-state index in [0.717, 1.165) is 89.9 Å². The van der Waals surface area contributed by atoms with E-state index >= 15 is 0 Å². The van der Waals surface area contributed by atoms with Gasteiger partial charge in [-0.1, -0.05) is 287 Å². The number of hydrogen-bond donors (Lipinski definition) is 3. The smallest absolute Gasteiger partial charge is 0.306 e. The van der Waals surface area contributed by atoms with Crippen molar-refractivity contribution in [3.63, 3.8) is 0 Å². The highest BCUT2D eigenvalue weighted by Gasteiger charge is 2.24. The Hall–Kier alpha value is -2.44. The molecule has 0 saturated heterocycles. The second kappa shape index (κ2) is 57.5. The number of nitrogens with one attached hydrogen (secondary N) is 1. The van der Waals surface area contributed by atoms with Crippen molar-refractivity contribution in [3.05, 3.63) is 60.8 Å². The molecule has 0 radical (unpaired) electrons. The number of ether oxygens (including phenoxy) is 1. The molecule has 0 aliphatic heterocycles. The molecule has 0 aliphatic rings. The van der Waals surface area contributed by atoms with Gasteiger partial charge in [0.15, 0.2) is 0 Å². The Labute approximate surface area is 435 Å². The van der Waals surface area contributed by atoms with Crippen LogP contribution in [0.5, 0.6) is 0 Å². The first-order valence-corrected chi connectivity index (χ1v) is 30.5. The van der Waals surface area contributed by atoms with Crippen molar-refractivity contribution in [1.29, 1.82) is 0 Å². The van der Waals surface area contributed by atoms with Crippen molar-refractivity contribution in [3.8, 4) is 0 Å². The van der Waals surface area contributed by atoms with Crippen LogP contribution in [0, 0.1) is 0 Å². The molecule has 6 heteroatoms. The summed E-state index contributed by atoms with van der Waals surface area (Å²) >= 11 is 0. The van der Waals surface area contributed by atoms with Crippen LogP contribution >= 0.6 is 0 Å². The maximum atomic E-state index is 13.3. The molecule has 0 aromatic rings. The van der Waals surface area contributed by atoms with Crippen LogP contribution < -0.4 is 5.32 Å². The maximum Gasteiger partial charge on any atom is 0.306 e. The molecule has 0 aromatic carbocycles. The first-order valence-electron chi connectivity index (χ1n) is 30.5. The number of amides is 1. The molecule has 0 aliphatic carbocycles. The molecule has 0 heterocycles. The van der Waals surface area contributed by atoms with Gasteiger partial charge in [0.1, 0.15) is 6.10 Å². The summed E-state index contributed by atoms with van der Waals surface area (Å²) in [6, 6.07) is -0.709. The third-order valence-corrected chi connectivity index (χ3v) is 13.9. The summed E-state index contributed by atoms with van der Waals surface area (Å²) in [7, 11) is 0. The van der Waals surface area contributed by atoms with E-state index in [2.05, 4.69) is 86.8 Å². The Bertz CT molecular complexity index is 1240. The van der Waals surface area contributed by atoms with Crippen molar-refractivity contribution in [2.75, 3.05) is 6.61 Å². The van der Waals surface area contributed by atoms with Crippen molar-refractivity contribution in [2.45, 2.75) is 328 Å². The number of rotatable bonds is 55. The fraction of sp³-hybridized carbons (Fsp3) is 0.812. The Kier molecular flexibility index (Phi) is 55.5. The van der Waals surface area contributed by atoms with Crippen LogP contribution in [0.25, 0.3) is 0 Å². The van der Waals surface area contributed by atoms with Crippen LogP contribution in [0.15, 0.2) is 60.8 Å². The van der Waals surface area contributed by atoms with Gasteiger partial charge in [0, 0.05) is 6.42 Å². The number of aliphatic hydroxyl groups excluding tert-OH is 2. The molecule has 0 rings (SSSR count). The van der Waals surface area contributed by atoms with Gasteiger partial charge < -0.3 is 20.3 Å². The number of allylic oxidation sites excluding steroid dienone is 10. The number of carbonyl (C=O) groups excluding carboxylic acids is 2. The average Bonchev–Trinajstić information content (AvgIpc) is 3.35. The monoisotopic (exact) mass is 980 g/mol. The van der Waals surface area contributed by atoms with Gasteiger partial charge >= 0.3 is 5.97 Å². The lowest BCUT2D eigenvalue weighted by Gasteiger charge is -2.24. The van der Waals surface area contributed by atoms with E-state index in [-0.39, 0.29) is 24.9 Å². The van der Waals surface area contributed by atoms with Crippen LogP contribution in [0.4, 0.5) is 0 Å². The minimum absolute atomic E-state index is 0.0663. The summed E-state index contributed by atoms with van der Waals surface area (Å²) in [5, 5.41) is 23.9. The van der Waals surface area contributed by atoms with Crippen molar-refractivity contribution in [1.82, 2.24) is 5.32 Å². The van der Waals surface area contributed by atoms with E-state index in [9.17, 15) is 19.8 Å². The third kappa shape index (κ3) is 51.9. The molecular weight excluding hydrogens is 863 g/mol. The molecule has 0 aromatic heterocycles. The lowest BCUT2D eigenvalue weighted by Crippen LogP contribution is -2.46. The molecule has 0 spiro atoms. The fourth-order valence-electron chi connectivity index (χ4n) is 9.28. The van der Waals surface area contributed by atoms with Gasteiger partial charge in [-0.05, 0) is 70.6 Å². The van der Waals surface area contributed by atoms with Gasteiger partial charge in [0.25, 0.3) is 0 Å². The maximum absolute atomic E-state index is 13.3. The minimum atomic E-state index is -0.795. The van der Waals surface area contributed by atoms with E-state index in [1.54, 1.807) is 0 Å². The molecule has 70 heavy (non-hydrogen) atoms. The number of carbonyl (C=O) groups is 2. The van der Waals surface area contributed by atoms with Crippen molar-refractivity contribution < 1.29 is 24.5 Å². The van der Waals surface area contributed by atoms with E-state index in [4.69, 9.17) is 4.74 Å². The average molecular weight is 981 g/mol. The molecule has 0 fully saturated rings. The molecule has 1 amide bonds. The van der Waals surface area contributed by atoms with E-state index < -0.39 is 18.2 Å². The summed E-state index contributed by atoms with van der Waals surface area (Å²) in [6.07, 6.45) is 72.9. The van der Waals surface area contributed by atoms with Crippen LogP contribution in [0.2, 0.25) is 0 Å². The van der Waals surface area contributed by atoms with Crippen LogP contribution in [0.3, 0.4) is 0 Å². The highest BCUT2D eigenvalue weighted by Crippen LogP contribution is 2.19. The molecule has 0 bridgehead atoms. The second-order valence-electron chi connectivity index (χ2n) is 20.7. The molecule has 6 nitrogen and oxygen atoms in total. The van der Waals surface area contributed by atoms with Gasteiger partial charge in [-0.25, -0.2) is 0 Å². The Morgan fingerprint density at radius 1 is 0.429 bits per heavy atom. The number of esters is 1. The molecule has 408 valence electrons. The van der Waals surface area contributed by atoms with Crippen molar-refractivity contribution >= 4 is 11.9 Å².